The van der Waals surface area contributed by atoms with Crippen molar-refractivity contribution in [2.75, 3.05) is 6.54 Å². The maximum Gasteiger partial charge on any atom is 0.227 e. The lowest BCUT2D eigenvalue weighted by atomic mass is 9.82. The molecule has 1 unspecified atom stereocenters. The third-order valence-corrected chi connectivity index (χ3v) is 4.34. The van der Waals surface area contributed by atoms with Crippen LogP contribution in [0.1, 0.15) is 35.4 Å². The minimum absolute atomic E-state index is 0.0588. The van der Waals surface area contributed by atoms with Crippen LogP contribution in [0.5, 0.6) is 0 Å². The van der Waals surface area contributed by atoms with Crippen LogP contribution in [-0.4, -0.2) is 12.5 Å². The van der Waals surface area contributed by atoms with Crippen molar-refractivity contribution < 1.29 is 9.18 Å². The minimum atomic E-state index is -0.209. The minimum Gasteiger partial charge on any atom is -0.355 e. The fourth-order valence-corrected chi connectivity index (χ4v) is 3.17. The Bertz CT molecular complexity index is 668. The molecule has 3 heteroatoms. The fourth-order valence-electron chi connectivity index (χ4n) is 3.17. The van der Waals surface area contributed by atoms with Crippen LogP contribution in [-0.2, 0) is 17.6 Å². The van der Waals surface area contributed by atoms with Crippen molar-refractivity contribution in [3.63, 3.8) is 0 Å². The van der Waals surface area contributed by atoms with Gasteiger partial charge in [-0.1, -0.05) is 42.5 Å². The molecule has 1 aliphatic rings. The predicted octanol–water partition coefficient (Wildman–Crippen LogP) is 3.60. The summed E-state index contributed by atoms with van der Waals surface area (Å²) < 4.78 is 13.6. The lowest BCUT2D eigenvalue weighted by Crippen LogP contribution is -2.32. The summed E-state index contributed by atoms with van der Waals surface area (Å²) in [6, 6.07) is 14.9. The van der Waals surface area contributed by atoms with Gasteiger partial charge in [0.2, 0.25) is 5.91 Å². The molecule has 0 radical (unpaired) electrons. The van der Waals surface area contributed by atoms with E-state index in [4.69, 9.17) is 0 Å². The van der Waals surface area contributed by atoms with Crippen LogP contribution < -0.4 is 5.32 Å². The Labute approximate surface area is 130 Å². The molecule has 0 aliphatic heterocycles. The lowest BCUT2D eigenvalue weighted by Gasteiger charge is -2.24. The molecule has 2 nitrogen and oxygen atoms in total. The van der Waals surface area contributed by atoms with Crippen LogP contribution in [0, 0.1) is 5.82 Å². The van der Waals surface area contributed by atoms with Crippen molar-refractivity contribution in [3.05, 3.63) is 71.0 Å². The molecule has 2 aromatic rings. The molecule has 0 bridgehead atoms. The molecule has 3 rings (SSSR count). The van der Waals surface area contributed by atoms with Crippen molar-refractivity contribution in [1.29, 1.82) is 0 Å². The molecule has 114 valence electrons. The number of rotatable bonds is 4. The number of aryl methyl sites for hydroxylation is 1. The molecule has 0 saturated heterocycles. The van der Waals surface area contributed by atoms with Gasteiger partial charge in [0.25, 0.3) is 0 Å². The van der Waals surface area contributed by atoms with Crippen molar-refractivity contribution >= 4 is 5.91 Å². The van der Waals surface area contributed by atoms with E-state index in [-0.39, 0.29) is 17.6 Å². The summed E-state index contributed by atoms with van der Waals surface area (Å²) in [6.07, 6.45) is 3.51. The van der Waals surface area contributed by atoms with E-state index < -0.39 is 0 Å². The molecule has 0 fully saturated rings. The zero-order valence-electron chi connectivity index (χ0n) is 12.5. The number of carbonyl (C=O) groups excluding carboxylic acids is 1. The second-order valence-corrected chi connectivity index (χ2v) is 5.78. The van der Waals surface area contributed by atoms with E-state index in [0.717, 1.165) is 24.8 Å². The molecule has 1 atom stereocenters. The standard InChI is InChI=1S/C19H20FNO/c20-18-11-4-2-7-15(18)12-13-21-19(22)17-10-5-8-14-6-1-3-9-16(14)17/h1-4,6-7,9,11,17H,5,8,10,12-13H2,(H,21,22). The van der Waals surface area contributed by atoms with Gasteiger partial charge in [-0.15, -0.1) is 0 Å². The SMILES string of the molecule is O=C(NCCc1ccccc1F)C1CCCc2ccccc21. The first-order chi connectivity index (χ1) is 10.8. The first-order valence-electron chi connectivity index (χ1n) is 7.84. The molecule has 22 heavy (non-hydrogen) atoms. The zero-order chi connectivity index (χ0) is 15.4. The molecular formula is C19H20FNO. The highest BCUT2D eigenvalue weighted by molar-refractivity contribution is 5.84. The van der Waals surface area contributed by atoms with E-state index >= 15 is 0 Å². The first-order valence-corrected chi connectivity index (χ1v) is 7.84. The van der Waals surface area contributed by atoms with Crippen LogP contribution >= 0.6 is 0 Å². The van der Waals surface area contributed by atoms with Crippen LogP contribution in [0.3, 0.4) is 0 Å². The molecule has 0 heterocycles. The van der Waals surface area contributed by atoms with E-state index in [9.17, 15) is 9.18 Å². The Morgan fingerprint density at radius 3 is 2.77 bits per heavy atom. The molecule has 2 aromatic carbocycles. The Morgan fingerprint density at radius 2 is 1.91 bits per heavy atom. The summed E-state index contributed by atoms with van der Waals surface area (Å²) in [6.45, 7) is 0.471. The van der Waals surface area contributed by atoms with Crippen LogP contribution in [0.25, 0.3) is 0 Å². The van der Waals surface area contributed by atoms with Gasteiger partial charge in [0.05, 0.1) is 5.92 Å². The van der Waals surface area contributed by atoms with Gasteiger partial charge in [0.15, 0.2) is 0 Å². The number of carbonyl (C=O) groups is 1. The summed E-state index contributed by atoms with van der Waals surface area (Å²) in [5, 5.41) is 2.96. The van der Waals surface area contributed by atoms with E-state index in [2.05, 4.69) is 17.4 Å². The number of halogens is 1. The number of amides is 1. The van der Waals surface area contributed by atoms with Crippen LogP contribution in [0.4, 0.5) is 4.39 Å². The van der Waals surface area contributed by atoms with E-state index in [1.165, 1.54) is 11.6 Å². The summed E-state index contributed by atoms with van der Waals surface area (Å²) >= 11 is 0. The van der Waals surface area contributed by atoms with Gasteiger partial charge < -0.3 is 5.32 Å². The molecule has 1 amide bonds. The van der Waals surface area contributed by atoms with Crippen molar-refractivity contribution in [1.82, 2.24) is 5.32 Å². The maximum absolute atomic E-state index is 13.6. The van der Waals surface area contributed by atoms with Crippen LogP contribution in [0.2, 0.25) is 0 Å². The summed E-state index contributed by atoms with van der Waals surface area (Å²) in [4.78, 5) is 12.4. The molecule has 0 aromatic heterocycles. The monoisotopic (exact) mass is 297 g/mol. The number of fused-ring (bicyclic) bond motifs is 1. The summed E-state index contributed by atoms with van der Waals surface area (Å²) in [5.74, 6) is -0.214. The van der Waals surface area contributed by atoms with E-state index in [1.807, 2.05) is 18.2 Å². The molecule has 1 N–H and O–H groups in total. The third-order valence-electron chi connectivity index (χ3n) is 4.34. The van der Waals surface area contributed by atoms with Crippen molar-refractivity contribution in [3.8, 4) is 0 Å². The number of benzene rings is 2. The third kappa shape index (κ3) is 3.19. The average Bonchev–Trinajstić information content (AvgIpc) is 2.56. The Hall–Kier alpha value is -2.16. The normalized spacial score (nSPS) is 16.9. The van der Waals surface area contributed by atoms with Crippen molar-refractivity contribution in [2.45, 2.75) is 31.6 Å². The molecular weight excluding hydrogens is 277 g/mol. The van der Waals surface area contributed by atoms with Gasteiger partial charge in [0.1, 0.15) is 5.82 Å². The lowest BCUT2D eigenvalue weighted by molar-refractivity contribution is -0.122. The van der Waals surface area contributed by atoms with E-state index in [0.29, 0.717) is 18.5 Å². The van der Waals surface area contributed by atoms with Gasteiger partial charge >= 0.3 is 0 Å². The number of nitrogens with one attached hydrogen (secondary N) is 1. The smallest absolute Gasteiger partial charge is 0.227 e. The molecule has 0 spiro atoms. The highest BCUT2D eigenvalue weighted by atomic mass is 19.1. The number of hydrogen-bond donors (Lipinski definition) is 1. The Balaban J connectivity index is 1.60. The Morgan fingerprint density at radius 1 is 1.14 bits per heavy atom. The van der Waals surface area contributed by atoms with Gasteiger partial charge in [-0.25, -0.2) is 4.39 Å². The van der Waals surface area contributed by atoms with Gasteiger partial charge in [0, 0.05) is 6.54 Å². The van der Waals surface area contributed by atoms with Gasteiger partial charge in [-0.05, 0) is 48.4 Å². The molecule has 0 saturated carbocycles. The first kappa shape index (κ1) is 14.8. The maximum atomic E-state index is 13.6. The highest BCUT2D eigenvalue weighted by Gasteiger charge is 2.25. The topological polar surface area (TPSA) is 29.1 Å². The fraction of sp³-hybridized carbons (Fsp3) is 0.316. The second-order valence-electron chi connectivity index (χ2n) is 5.78. The average molecular weight is 297 g/mol. The quantitative estimate of drug-likeness (QED) is 0.918. The van der Waals surface area contributed by atoms with E-state index in [1.54, 1.807) is 12.1 Å². The zero-order valence-corrected chi connectivity index (χ0v) is 12.5. The summed E-state index contributed by atoms with van der Waals surface area (Å²) in [5.41, 5.74) is 3.08. The summed E-state index contributed by atoms with van der Waals surface area (Å²) in [7, 11) is 0. The predicted molar refractivity (Wildman–Crippen MR) is 85.2 cm³/mol. The van der Waals surface area contributed by atoms with Crippen molar-refractivity contribution in [2.24, 2.45) is 0 Å². The second kappa shape index (κ2) is 6.73. The van der Waals surface area contributed by atoms with Crippen LogP contribution in [0.15, 0.2) is 48.5 Å². The number of hydrogen-bond acceptors (Lipinski definition) is 1. The highest BCUT2D eigenvalue weighted by Crippen LogP contribution is 2.31. The Kier molecular flexibility index (Phi) is 4.52. The largest absolute Gasteiger partial charge is 0.355 e. The van der Waals surface area contributed by atoms with Gasteiger partial charge in [-0.3, -0.25) is 4.79 Å². The van der Waals surface area contributed by atoms with Gasteiger partial charge in [-0.2, -0.15) is 0 Å². The molecule has 1 aliphatic carbocycles.